The fraction of sp³-hybridized carbons (Fsp3) is 1.00. The average Bonchev–Trinajstić information content (AvgIpc) is 3.00. The zero-order chi connectivity index (χ0) is 33.2. The normalized spacial score (nSPS) is 12.1. The lowest BCUT2D eigenvalue weighted by atomic mass is 10.3. The maximum Gasteiger partial charge on any atom is 0.501 e. The molecular formula is C29H66O13Si2. The molecule has 0 N–H and O–H groups in total. The van der Waals surface area contributed by atoms with Gasteiger partial charge in [-0.1, -0.05) is 13.8 Å². The highest BCUT2D eigenvalue weighted by Gasteiger charge is 2.40. The first-order valence-corrected chi connectivity index (χ1v) is 19.7. The van der Waals surface area contributed by atoms with Crippen molar-refractivity contribution in [3.8, 4) is 0 Å². The molecule has 15 heteroatoms. The molecule has 13 nitrogen and oxygen atoms in total. The van der Waals surface area contributed by atoms with Gasteiger partial charge in [-0.25, -0.2) is 0 Å². The summed E-state index contributed by atoms with van der Waals surface area (Å²) in [5.74, 6) is 0.548. The van der Waals surface area contributed by atoms with E-state index < -0.39 is 17.6 Å². The third-order valence-electron chi connectivity index (χ3n) is 5.75. The lowest BCUT2D eigenvalue weighted by Gasteiger charge is -2.29. The van der Waals surface area contributed by atoms with Crippen molar-refractivity contribution in [1.29, 1.82) is 0 Å². The van der Waals surface area contributed by atoms with Crippen LogP contribution in [0.2, 0.25) is 12.1 Å². The van der Waals surface area contributed by atoms with E-state index in [4.69, 9.17) is 59.7 Å². The average molecular weight is 679 g/mol. The molecule has 0 unspecified atom stereocenters. The highest BCUT2D eigenvalue weighted by Crippen LogP contribution is 2.21. The molecule has 0 bridgehead atoms. The van der Waals surface area contributed by atoms with Crippen LogP contribution in [0.4, 0.5) is 0 Å². The summed E-state index contributed by atoms with van der Waals surface area (Å²) < 4.78 is 70.6. The second kappa shape index (κ2) is 34.3. The Hall–Kier alpha value is -0.0862. The molecule has 0 aliphatic heterocycles. The van der Waals surface area contributed by atoms with Gasteiger partial charge in [-0.3, -0.25) is 0 Å². The number of ether oxygens (including phenoxy) is 7. The van der Waals surface area contributed by atoms with Crippen molar-refractivity contribution in [2.45, 2.75) is 53.1 Å². The Morgan fingerprint density at radius 1 is 0.432 bits per heavy atom. The number of rotatable bonds is 33. The molecule has 0 aromatic rings. The van der Waals surface area contributed by atoms with E-state index in [1.54, 1.807) is 28.4 Å². The van der Waals surface area contributed by atoms with Crippen molar-refractivity contribution in [3.05, 3.63) is 0 Å². The summed E-state index contributed by atoms with van der Waals surface area (Å²) in [7, 11) is 1.64. The standard InChI is InChI=1S/C19H42O10Si.C10H24O3Si/c1-20-7-8-25-11-12-27-15-16-29-18-17-28-14-13-26-10-9-24-6-5-19-30(21-2,22-3)23-4;1-6-11-14(12-7-2,13-8-3)9-10(4)5/h5-19H2,1-4H3;10H,6-9H2,1-5H3. The number of hydrogen-bond donors (Lipinski definition) is 0. The first-order valence-electron chi connectivity index (χ1n) is 15.9. The van der Waals surface area contributed by atoms with Crippen molar-refractivity contribution in [1.82, 2.24) is 0 Å². The smallest absolute Gasteiger partial charge is 0.382 e. The van der Waals surface area contributed by atoms with Crippen LogP contribution >= 0.6 is 0 Å². The lowest BCUT2D eigenvalue weighted by molar-refractivity contribution is -0.0191. The monoisotopic (exact) mass is 678 g/mol. The SMILES string of the molecule is CCO[Si](CC(C)C)(OCC)OCC.COCCOCCOCCOCCOCCOCCOCCC[Si](OC)(OC)OC. The van der Waals surface area contributed by atoms with Crippen molar-refractivity contribution >= 4 is 17.6 Å². The van der Waals surface area contributed by atoms with Gasteiger partial charge in [0.2, 0.25) is 0 Å². The zero-order valence-electron chi connectivity index (χ0n) is 29.3. The van der Waals surface area contributed by atoms with E-state index in [1.807, 2.05) is 20.8 Å². The van der Waals surface area contributed by atoms with Gasteiger partial charge in [0, 0.05) is 67.0 Å². The van der Waals surface area contributed by atoms with Crippen LogP contribution in [-0.4, -0.2) is 152 Å². The maximum absolute atomic E-state index is 5.72. The fourth-order valence-corrected chi connectivity index (χ4v) is 8.37. The summed E-state index contributed by atoms with van der Waals surface area (Å²) in [6, 6.07) is 1.63. The first kappa shape index (κ1) is 46.0. The predicted octanol–water partition coefficient (Wildman–Crippen LogP) is 3.69. The van der Waals surface area contributed by atoms with Gasteiger partial charge in [-0.15, -0.1) is 0 Å². The van der Waals surface area contributed by atoms with Crippen LogP contribution in [0.5, 0.6) is 0 Å². The van der Waals surface area contributed by atoms with Gasteiger partial charge in [-0.05, 0) is 33.1 Å². The largest absolute Gasteiger partial charge is 0.501 e. The lowest BCUT2D eigenvalue weighted by Crippen LogP contribution is -2.46. The first-order chi connectivity index (χ1) is 21.3. The molecule has 0 rings (SSSR count). The van der Waals surface area contributed by atoms with E-state index >= 15 is 0 Å². The number of hydrogen-bond acceptors (Lipinski definition) is 13. The third-order valence-corrected chi connectivity index (χ3v) is 12.1. The molecule has 0 saturated carbocycles. The Labute approximate surface area is 270 Å². The minimum absolute atomic E-state index is 0.530. The maximum atomic E-state index is 5.72. The van der Waals surface area contributed by atoms with Gasteiger partial charge in [0.25, 0.3) is 0 Å². The van der Waals surface area contributed by atoms with Gasteiger partial charge in [0.1, 0.15) is 0 Å². The van der Waals surface area contributed by atoms with Gasteiger partial charge in [-0.2, -0.15) is 0 Å². The summed E-state index contributed by atoms with van der Waals surface area (Å²) in [4.78, 5) is 0. The van der Waals surface area contributed by atoms with Crippen molar-refractivity contribution in [2.75, 3.05) is 134 Å². The second-order valence-corrected chi connectivity index (χ2v) is 15.4. The van der Waals surface area contributed by atoms with Crippen molar-refractivity contribution in [3.63, 3.8) is 0 Å². The van der Waals surface area contributed by atoms with E-state index in [9.17, 15) is 0 Å². The molecule has 0 radical (unpaired) electrons. The predicted molar refractivity (Wildman–Crippen MR) is 173 cm³/mol. The molecule has 0 heterocycles. The quantitative estimate of drug-likeness (QED) is 0.0742. The van der Waals surface area contributed by atoms with Crippen LogP contribution in [0.1, 0.15) is 41.0 Å². The van der Waals surface area contributed by atoms with Gasteiger partial charge in [0.15, 0.2) is 0 Å². The summed E-state index contributed by atoms with van der Waals surface area (Å²) in [6.45, 7) is 19.5. The Balaban J connectivity index is 0. The zero-order valence-corrected chi connectivity index (χ0v) is 31.3. The summed E-state index contributed by atoms with van der Waals surface area (Å²) in [6.07, 6.45) is 0.818. The summed E-state index contributed by atoms with van der Waals surface area (Å²) in [5, 5.41) is 0. The fourth-order valence-electron chi connectivity index (χ4n) is 3.75. The molecule has 44 heavy (non-hydrogen) atoms. The van der Waals surface area contributed by atoms with Crippen LogP contribution in [0.3, 0.4) is 0 Å². The Bertz CT molecular complexity index is 536. The molecule has 0 aromatic heterocycles. The molecule has 0 saturated heterocycles. The van der Waals surface area contributed by atoms with Crippen LogP contribution in [-0.2, 0) is 59.7 Å². The molecule has 0 aliphatic carbocycles. The highest BCUT2D eigenvalue weighted by molar-refractivity contribution is 6.61. The summed E-state index contributed by atoms with van der Waals surface area (Å²) in [5.41, 5.74) is 0. The highest BCUT2D eigenvalue weighted by atomic mass is 28.4. The van der Waals surface area contributed by atoms with Gasteiger partial charge in [0.05, 0.1) is 79.3 Å². The molecular weight excluding hydrogens is 612 g/mol. The molecule has 0 aromatic carbocycles. The molecule has 0 amide bonds. The molecule has 0 spiro atoms. The minimum Gasteiger partial charge on any atom is -0.382 e. The molecule has 0 atom stereocenters. The van der Waals surface area contributed by atoms with Crippen LogP contribution in [0.15, 0.2) is 0 Å². The van der Waals surface area contributed by atoms with E-state index in [0.29, 0.717) is 112 Å². The molecule has 0 fully saturated rings. The van der Waals surface area contributed by atoms with Crippen molar-refractivity contribution in [2.24, 2.45) is 5.92 Å². The van der Waals surface area contributed by atoms with E-state index in [1.165, 1.54) is 0 Å². The van der Waals surface area contributed by atoms with Crippen molar-refractivity contribution < 1.29 is 59.7 Å². The Morgan fingerprint density at radius 3 is 1.02 bits per heavy atom. The minimum atomic E-state index is -2.49. The van der Waals surface area contributed by atoms with Gasteiger partial charge >= 0.3 is 17.6 Å². The summed E-state index contributed by atoms with van der Waals surface area (Å²) >= 11 is 0. The Morgan fingerprint density at radius 2 is 0.750 bits per heavy atom. The third kappa shape index (κ3) is 28.2. The van der Waals surface area contributed by atoms with E-state index in [2.05, 4.69) is 13.8 Å². The van der Waals surface area contributed by atoms with Crippen LogP contribution in [0, 0.1) is 5.92 Å². The number of methoxy groups -OCH3 is 1. The second-order valence-electron chi connectivity index (χ2n) is 9.65. The van der Waals surface area contributed by atoms with Gasteiger partial charge < -0.3 is 59.7 Å². The van der Waals surface area contributed by atoms with Crippen LogP contribution in [0.25, 0.3) is 0 Å². The molecule has 0 aliphatic rings. The topological polar surface area (TPSA) is 120 Å². The Kier molecular flexibility index (Phi) is 35.8. The molecule has 268 valence electrons. The van der Waals surface area contributed by atoms with E-state index in [-0.39, 0.29) is 0 Å². The van der Waals surface area contributed by atoms with Crippen LogP contribution < -0.4 is 0 Å². The van der Waals surface area contributed by atoms with E-state index in [0.717, 1.165) is 18.5 Å².